The zero-order chi connectivity index (χ0) is 23.8. The summed E-state index contributed by atoms with van der Waals surface area (Å²) >= 11 is 0. The number of pyridine rings is 1. The van der Waals surface area contributed by atoms with Gasteiger partial charge in [-0.1, -0.05) is 26.0 Å². The number of urea groups is 1. The normalized spacial score (nSPS) is 18.8. The maximum atomic E-state index is 13.3. The topological polar surface area (TPSA) is 77.9 Å². The van der Waals surface area contributed by atoms with Gasteiger partial charge >= 0.3 is 6.03 Å². The number of nitrogens with zero attached hydrogens (tertiary/aromatic N) is 3. The maximum Gasteiger partial charge on any atom is 0.318 e. The average molecular weight is 459 g/mol. The van der Waals surface area contributed by atoms with Crippen LogP contribution >= 0.6 is 0 Å². The van der Waals surface area contributed by atoms with E-state index in [-0.39, 0.29) is 31.3 Å². The maximum absolute atomic E-state index is 13.3. The van der Waals surface area contributed by atoms with Crippen molar-refractivity contribution in [3.05, 3.63) is 59.7 Å². The van der Waals surface area contributed by atoms with Gasteiger partial charge in [0.05, 0.1) is 31.6 Å². The predicted molar refractivity (Wildman–Crippen MR) is 125 cm³/mol. The summed E-state index contributed by atoms with van der Waals surface area (Å²) in [6.07, 6.45) is 2.63. The molecule has 1 aromatic heterocycles. The first kappa shape index (κ1) is 24.9. The number of hydrogen-bond donors (Lipinski definition) is 2. The van der Waals surface area contributed by atoms with Crippen molar-refractivity contribution in [3.63, 3.8) is 0 Å². The molecule has 0 aliphatic carbocycles. The van der Waals surface area contributed by atoms with E-state index in [1.807, 2.05) is 31.3 Å². The third-order valence-electron chi connectivity index (χ3n) is 5.97. The highest BCUT2D eigenvalue weighted by molar-refractivity contribution is 5.74. The number of amides is 2. The number of nitrogens with one attached hydrogen (secondary N) is 1. The molecule has 180 valence electrons. The molecule has 0 bridgehead atoms. The molecule has 7 nitrogen and oxygen atoms in total. The second kappa shape index (κ2) is 12.0. The van der Waals surface area contributed by atoms with E-state index >= 15 is 0 Å². The van der Waals surface area contributed by atoms with E-state index in [0.717, 1.165) is 24.3 Å². The smallest absolute Gasteiger partial charge is 0.318 e. The number of piperidine rings is 1. The van der Waals surface area contributed by atoms with Crippen molar-refractivity contribution in [1.29, 1.82) is 0 Å². The lowest BCUT2D eigenvalue weighted by Crippen LogP contribution is -2.53. The molecule has 2 unspecified atom stereocenters. The van der Waals surface area contributed by atoms with Crippen LogP contribution in [0.1, 0.15) is 37.9 Å². The Morgan fingerprint density at radius 1 is 1.30 bits per heavy atom. The van der Waals surface area contributed by atoms with E-state index in [0.29, 0.717) is 31.2 Å². The van der Waals surface area contributed by atoms with Crippen molar-refractivity contribution in [2.75, 3.05) is 26.8 Å². The van der Waals surface area contributed by atoms with Gasteiger partial charge in [-0.15, -0.1) is 0 Å². The lowest BCUT2D eigenvalue weighted by Gasteiger charge is -2.41. The molecule has 2 aromatic rings. The molecule has 8 heteroatoms. The number of likely N-dealkylation sites (N-methyl/N-ethyl adjacent to an activating group) is 1. The molecule has 3 rings (SSSR count). The van der Waals surface area contributed by atoms with Gasteiger partial charge in [-0.25, -0.2) is 9.18 Å². The number of aromatic nitrogens is 1. The third-order valence-corrected chi connectivity index (χ3v) is 5.97. The summed E-state index contributed by atoms with van der Waals surface area (Å²) in [4.78, 5) is 21.2. The van der Waals surface area contributed by atoms with Gasteiger partial charge in [0.2, 0.25) is 0 Å². The van der Waals surface area contributed by atoms with E-state index in [9.17, 15) is 14.3 Å². The number of benzene rings is 1. The Bertz CT molecular complexity index is 876. The number of carbonyl (C=O) groups excluding carboxylic acids is 1. The summed E-state index contributed by atoms with van der Waals surface area (Å²) in [5, 5.41) is 12.7. The minimum Gasteiger partial charge on any atom is -0.493 e. The van der Waals surface area contributed by atoms with Crippen LogP contribution in [0.5, 0.6) is 5.75 Å². The molecule has 1 aromatic carbocycles. The summed E-state index contributed by atoms with van der Waals surface area (Å²) in [6.45, 7) is 6.35. The van der Waals surface area contributed by atoms with Crippen molar-refractivity contribution >= 4 is 6.03 Å². The highest BCUT2D eigenvalue weighted by Crippen LogP contribution is 2.23. The first-order chi connectivity index (χ1) is 15.9. The molecular weight excluding hydrogens is 423 g/mol. The summed E-state index contributed by atoms with van der Waals surface area (Å²) < 4.78 is 19.0. The van der Waals surface area contributed by atoms with Crippen LogP contribution in [0.3, 0.4) is 0 Å². The number of likely N-dealkylation sites (tertiary alicyclic amines) is 1. The van der Waals surface area contributed by atoms with Gasteiger partial charge in [-0.2, -0.15) is 0 Å². The van der Waals surface area contributed by atoms with Crippen LogP contribution in [0.15, 0.2) is 42.6 Å². The Kier molecular flexibility index (Phi) is 9.03. The Hall–Kier alpha value is -2.71. The molecule has 1 fully saturated rings. The SMILES string of the molecule is CC(C)COc1ccc(CNC(=O)N(Cc2ccc(F)cn2)C2CCN(C)C(CO)C2)cc1. The molecule has 2 amide bonds. The monoisotopic (exact) mass is 458 g/mol. The highest BCUT2D eigenvalue weighted by atomic mass is 19.1. The standard InChI is InChI=1S/C25H35FN4O3/c1-18(2)17-33-24-8-4-19(5-9-24)13-28-25(32)30(15-21-7-6-20(26)14-27-21)22-10-11-29(3)23(12-22)16-31/h4-9,14,18,22-23,31H,10-13,15-17H2,1-3H3,(H,28,32). The van der Waals surface area contributed by atoms with Crippen LogP contribution < -0.4 is 10.1 Å². The molecule has 2 N–H and O–H groups in total. The fraction of sp³-hybridized carbons (Fsp3) is 0.520. The van der Waals surface area contributed by atoms with E-state index < -0.39 is 5.82 Å². The fourth-order valence-corrected chi connectivity index (χ4v) is 3.93. The van der Waals surface area contributed by atoms with Gasteiger partial charge in [0.1, 0.15) is 11.6 Å². The van der Waals surface area contributed by atoms with Gasteiger partial charge < -0.3 is 25.0 Å². The summed E-state index contributed by atoms with van der Waals surface area (Å²) in [5.74, 6) is 0.856. The number of hydrogen-bond acceptors (Lipinski definition) is 5. The average Bonchev–Trinajstić information content (AvgIpc) is 2.82. The number of aliphatic hydroxyl groups is 1. The molecule has 0 spiro atoms. The van der Waals surface area contributed by atoms with Crippen molar-refractivity contribution in [3.8, 4) is 5.75 Å². The largest absolute Gasteiger partial charge is 0.493 e. The summed E-state index contributed by atoms with van der Waals surface area (Å²) in [5.41, 5.74) is 1.59. The van der Waals surface area contributed by atoms with Crippen LogP contribution in [0.2, 0.25) is 0 Å². The van der Waals surface area contributed by atoms with Crippen LogP contribution in [-0.2, 0) is 13.1 Å². The van der Waals surface area contributed by atoms with Gasteiger partial charge in [-0.3, -0.25) is 4.98 Å². The first-order valence-corrected chi connectivity index (χ1v) is 11.5. The number of rotatable bonds is 9. The van der Waals surface area contributed by atoms with Crippen LogP contribution in [0, 0.1) is 11.7 Å². The quantitative estimate of drug-likeness (QED) is 0.602. The van der Waals surface area contributed by atoms with Crippen molar-refractivity contribution in [2.45, 2.75) is 51.9 Å². The minimum atomic E-state index is -0.407. The third kappa shape index (κ3) is 7.40. The van der Waals surface area contributed by atoms with Crippen molar-refractivity contribution < 1.29 is 19.0 Å². The number of aliphatic hydroxyl groups excluding tert-OH is 1. The van der Waals surface area contributed by atoms with Gasteiger partial charge in [-0.05, 0) is 55.6 Å². The Balaban J connectivity index is 1.66. The lowest BCUT2D eigenvalue weighted by atomic mass is 9.96. The highest BCUT2D eigenvalue weighted by Gasteiger charge is 2.32. The van der Waals surface area contributed by atoms with Crippen LogP contribution in [-0.4, -0.2) is 64.8 Å². The zero-order valence-electron chi connectivity index (χ0n) is 19.7. The summed E-state index contributed by atoms with van der Waals surface area (Å²) in [6, 6.07) is 10.4. The molecule has 0 radical (unpaired) electrons. The Morgan fingerprint density at radius 3 is 2.70 bits per heavy atom. The first-order valence-electron chi connectivity index (χ1n) is 11.5. The summed E-state index contributed by atoms with van der Waals surface area (Å²) in [7, 11) is 1.98. The number of ether oxygens (including phenoxy) is 1. The molecular formula is C25H35FN4O3. The van der Waals surface area contributed by atoms with Gasteiger partial charge in [0.15, 0.2) is 0 Å². The Labute approximate surface area is 195 Å². The van der Waals surface area contributed by atoms with Crippen LogP contribution in [0.4, 0.5) is 9.18 Å². The Morgan fingerprint density at radius 2 is 2.06 bits per heavy atom. The zero-order valence-corrected chi connectivity index (χ0v) is 19.7. The van der Waals surface area contributed by atoms with E-state index in [1.165, 1.54) is 12.3 Å². The molecule has 0 saturated carbocycles. The molecule has 33 heavy (non-hydrogen) atoms. The minimum absolute atomic E-state index is 0.00129. The molecule has 2 heterocycles. The number of halogens is 1. The van der Waals surface area contributed by atoms with Crippen molar-refractivity contribution in [2.24, 2.45) is 5.92 Å². The van der Waals surface area contributed by atoms with E-state index in [1.54, 1.807) is 11.0 Å². The molecule has 2 atom stereocenters. The van der Waals surface area contributed by atoms with Crippen LogP contribution in [0.25, 0.3) is 0 Å². The molecule has 1 saturated heterocycles. The lowest BCUT2D eigenvalue weighted by molar-refractivity contribution is 0.0602. The van der Waals surface area contributed by atoms with Gasteiger partial charge in [0.25, 0.3) is 0 Å². The molecule has 1 aliphatic rings. The van der Waals surface area contributed by atoms with Crippen molar-refractivity contribution in [1.82, 2.24) is 20.1 Å². The second-order valence-corrected chi connectivity index (χ2v) is 9.10. The van der Waals surface area contributed by atoms with E-state index in [4.69, 9.17) is 4.74 Å². The fourth-order valence-electron chi connectivity index (χ4n) is 3.93. The van der Waals surface area contributed by atoms with E-state index in [2.05, 4.69) is 29.0 Å². The second-order valence-electron chi connectivity index (χ2n) is 9.10. The molecule has 1 aliphatic heterocycles. The number of carbonyl (C=O) groups is 1. The predicted octanol–water partition coefficient (Wildman–Crippen LogP) is 3.42. The van der Waals surface area contributed by atoms with Gasteiger partial charge in [0, 0.05) is 25.2 Å².